The highest BCUT2D eigenvalue weighted by Gasteiger charge is 2.47. The molecule has 1 aliphatic rings. The van der Waals surface area contributed by atoms with Crippen molar-refractivity contribution >= 4 is 49.8 Å². The number of Topliss-reactive ketones (excluding diaryl/α,β-unsaturated/α-hetero) is 1. The van der Waals surface area contributed by atoms with Gasteiger partial charge in [0.2, 0.25) is 0 Å². The van der Waals surface area contributed by atoms with Gasteiger partial charge in [0.1, 0.15) is 11.5 Å². The maximum absolute atomic E-state index is 13.1. The molecule has 1 unspecified atom stereocenters. The van der Waals surface area contributed by atoms with E-state index < -0.39 is 17.7 Å². The number of carbonyl (C=O) groups excluding carboxylic acids is 2. The quantitative estimate of drug-likeness (QED) is 0.282. The highest BCUT2D eigenvalue weighted by atomic mass is 79.9. The summed E-state index contributed by atoms with van der Waals surface area (Å²) in [5.41, 5.74) is 1.13. The molecule has 2 aromatic carbocycles. The van der Waals surface area contributed by atoms with Gasteiger partial charge in [-0.2, -0.15) is 0 Å². The first-order chi connectivity index (χ1) is 15.0. The molecule has 8 heteroatoms. The van der Waals surface area contributed by atoms with Crippen LogP contribution < -0.4 is 9.64 Å². The van der Waals surface area contributed by atoms with Gasteiger partial charge in [-0.1, -0.05) is 47.1 Å². The first-order valence-corrected chi connectivity index (χ1v) is 11.4. The van der Waals surface area contributed by atoms with Crippen LogP contribution in [-0.4, -0.2) is 28.4 Å². The standard InChI is InChI=1S/C23H19BrN2O4S/c1-2-11-30-17-5-3-4-15(13-17)20(27)18-19(14-6-8-16(24)9-7-14)26(22(29)21(18)28)23-25-10-12-31-23/h3-10,12-13,19,27H,2,11H2,1H3. The fourth-order valence-electron chi connectivity index (χ4n) is 3.43. The number of aliphatic hydroxyl groups is 1. The summed E-state index contributed by atoms with van der Waals surface area (Å²) in [5, 5.41) is 13.3. The van der Waals surface area contributed by atoms with Crippen LogP contribution in [-0.2, 0) is 9.59 Å². The number of amides is 1. The summed E-state index contributed by atoms with van der Waals surface area (Å²) in [4.78, 5) is 31.6. The maximum Gasteiger partial charge on any atom is 0.301 e. The van der Waals surface area contributed by atoms with E-state index in [1.165, 1.54) is 16.2 Å². The molecule has 0 aliphatic carbocycles. The summed E-state index contributed by atoms with van der Waals surface area (Å²) in [5.74, 6) is -1.13. The fraction of sp³-hybridized carbons (Fsp3) is 0.174. The molecule has 1 fully saturated rings. The smallest absolute Gasteiger partial charge is 0.301 e. The van der Waals surface area contributed by atoms with E-state index in [1.807, 2.05) is 31.2 Å². The minimum Gasteiger partial charge on any atom is -0.507 e. The van der Waals surface area contributed by atoms with Crippen molar-refractivity contribution in [3.63, 3.8) is 0 Å². The van der Waals surface area contributed by atoms with Gasteiger partial charge in [-0.05, 0) is 36.2 Å². The molecule has 6 nitrogen and oxygen atoms in total. The molecule has 0 saturated carbocycles. The van der Waals surface area contributed by atoms with E-state index in [1.54, 1.807) is 35.8 Å². The molecule has 0 spiro atoms. The van der Waals surface area contributed by atoms with Crippen molar-refractivity contribution in [1.29, 1.82) is 0 Å². The average Bonchev–Trinajstić information content (AvgIpc) is 3.39. The number of aliphatic hydroxyl groups excluding tert-OH is 1. The number of benzene rings is 2. The molecule has 1 aliphatic heterocycles. The molecular formula is C23H19BrN2O4S. The maximum atomic E-state index is 13.1. The van der Waals surface area contributed by atoms with Crippen LogP contribution in [0.2, 0.25) is 0 Å². The van der Waals surface area contributed by atoms with E-state index in [0.717, 1.165) is 10.9 Å². The number of nitrogens with zero attached hydrogens (tertiary/aromatic N) is 2. The molecule has 31 heavy (non-hydrogen) atoms. The normalized spacial score (nSPS) is 17.9. The van der Waals surface area contributed by atoms with Crippen molar-refractivity contribution < 1.29 is 19.4 Å². The second-order valence-electron chi connectivity index (χ2n) is 6.91. The van der Waals surface area contributed by atoms with Crippen molar-refractivity contribution in [3.8, 4) is 5.75 Å². The summed E-state index contributed by atoms with van der Waals surface area (Å²) in [6.45, 7) is 2.54. The molecule has 1 atom stereocenters. The van der Waals surface area contributed by atoms with Gasteiger partial charge in [-0.15, -0.1) is 11.3 Å². The van der Waals surface area contributed by atoms with Crippen molar-refractivity contribution in [3.05, 3.63) is 81.3 Å². The lowest BCUT2D eigenvalue weighted by molar-refractivity contribution is -0.132. The van der Waals surface area contributed by atoms with Gasteiger partial charge in [0.25, 0.3) is 5.78 Å². The molecule has 1 N–H and O–H groups in total. The third kappa shape index (κ3) is 4.13. The van der Waals surface area contributed by atoms with Crippen LogP contribution in [0.5, 0.6) is 5.75 Å². The molecule has 158 valence electrons. The number of thiazole rings is 1. The third-order valence-electron chi connectivity index (χ3n) is 4.84. The number of ketones is 1. The van der Waals surface area contributed by atoms with Crippen LogP contribution in [0.25, 0.3) is 5.76 Å². The number of hydrogen-bond acceptors (Lipinski definition) is 6. The van der Waals surface area contributed by atoms with E-state index in [-0.39, 0.29) is 11.3 Å². The fourth-order valence-corrected chi connectivity index (χ4v) is 4.37. The van der Waals surface area contributed by atoms with Crippen LogP contribution in [0.15, 0.2) is 70.2 Å². The highest BCUT2D eigenvalue weighted by Crippen LogP contribution is 2.43. The monoisotopic (exact) mass is 498 g/mol. The van der Waals surface area contributed by atoms with Crippen molar-refractivity contribution in [1.82, 2.24) is 4.98 Å². The summed E-state index contributed by atoms with van der Waals surface area (Å²) in [7, 11) is 0. The Balaban J connectivity index is 1.86. The Bertz CT molecular complexity index is 1140. The number of carbonyl (C=O) groups is 2. The number of anilines is 1. The van der Waals surface area contributed by atoms with E-state index in [4.69, 9.17) is 4.74 Å². The number of ether oxygens (including phenoxy) is 1. The Kier molecular flexibility index (Phi) is 6.20. The zero-order valence-electron chi connectivity index (χ0n) is 16.6. The third-order valence-corrected chi connectivity index (χ3v) is 6.14. The number of hydrogen-bond donors (Lipinski definition) is 1. The van der Waals surface area contributed by atoms with Crippen molar-refractivity contribution in [2.45, 2.75) is 19.4 Å². The Morgan fingerprint density at radius 2 is 2.00 bits per heavy atom. The van der Waals surface area contributed by atoms with E-state index in [9.17, 15) is 14.7 Å². The molecule has 1 saturated heterocycles. The number of aromatic nitrogens is 1. The van der Waals surface area contributed by atoms with Gasteiger partial charge in [-0.3, -0.25) is 14.5 Å². The number of rotatable bonds is 6. The topological polar surface area (TPSA) is 79.7 Å². The number of halogens is 1. The Morgan fingerprint density at radius 3 is 2.68 bits per heavy atom. The van der Waals surface area contributed by atoms with Crippen molar-refractivity contribution in [2.75, 3.05) is 11.5 Å². The van der Waals surface area contributed by atoms with Crippen LogP contribution in [0.3, 0.4) is 0 Å². The summed E-state index contributed by atoms with van der Waals surface area (Å²) < 4.78 is 6.52. The van der Waals surface area contributed by atoms with Gasteiger partial charge in [0.15, 0.2) is 5.13 Å². The van der Waals surface area contributed by atoms with Crippen LogP contribution in [0.1, 0.15) is 30.5 Å². The summed E-state index contributed by atoms with van der Waals surface area (Å²) in [6, 6.07) is 13.4. The summed E-state index contributed by atoms with van der Waals surface area (Å²) in [6.07, 6.45) is 2.42. The van der Waals surface area contributed by atoms with Gasteiger partial charge in [0.05, 0.1) is 18.2 Å². The van der Waals surface area contributed by atoms with E-state index in [2.05, 4.69) is 20.9 Å². The van der Waals surface area contributed by atoms with E-state index in [0.29, 0.717) is 28.6 Å². The molecule has 0 bridgehead atoms. The molecule has 0 radical (unpaired) electrons. The first-order valence-electron chi connectivity index (χ1n) is 9.70. The zero-order valence-corrected chi connectivity index (χ0v) is 19.0. The second-order valence-corrected chi connectivity index (χ2v) is 8.70. The van der Waals surface area contributed by atoms with Gasteiger partial charge in [0, 0.05) is 21.6 Å². The lowest BCUT2D eigenvalue weighted by Gasteiger charge is -2.23. The average molecular weight is 499 g/mol. The van der Waals surface area contributed by atoms with Gasteiger partial charge in [-0.25, -0.2) is 4.98 Å². The Hall–Kier alpha value is -2.97. The first kappa shape index (κ1) is 21.3. The van der Waals surface area contributed by atoms with Crippen LogP contribution >= 0.6 is 27.3 Å². The lowest BCUT2D eigenvalue weighted by Crippen LogP contribution is -2.29. The van der Waals surface area contributed by atoms with Crippen molar-refractivity contribution in [2.24, 2.45) is 0 Å². The molecule has 2 heterocycles. The van der Waals surface area contributed by atoms with Gasteiger partial charge < -0.3 is 9.84 Å². The summed E-state index contributed by atoms with van der Waals surface area (Å²) >= 11 is 4.66. The predicted octanol–water partition coefficient (Wildman–Crippen LogP) is 5.32. The minimum absolute atomic E-state index is 0.0233. The second kappa shape index (κ2) is 9.03. The molecule has 1 aromatic heterocycles. The Morgan fingerprint density at radius 1 is 1.23 bits per heavy atom. The minimum atomic E-state index is -0.792. The highest BCUT2D eigenvalue weighted by molar-refractivity contribution is 9.10. The van der Waals surface area contributed by atoms with Gasteiger partial charge >= 0.3 is 5.91 Å². The van der Waals surface area contributed by atoms with E-state index >= 15 is 0 Å². The SMILES string of the molecule is CCCOc1cccc(C(O)=C2C(=O)C(=O)N(c3nccs3)C2c2ccc(Br)cc2)c1. The predicted molar refractivity (Wildman–Crippen MR) is 123 cm³/mol. The molecular weight excluding hydrogens is 480 g/mol. The molecule has 3 aromatic rings. The van der Waals surface area contributed by atoms with Crippen LogP contribution in [0.4, 0.5) is 5.13 Å². The molecule has 4 rings (SSSR count). The molecule has 1 amide bonds. The Labute approximate surface area is 191 Å². The zero-order chi connectivity index (χ0) is 22.0. The lowest BCUT2D eigenvalue weighted by atomic mass is 9.95. The largest absolute Gasteiger partial charge is 0.507 e. The van der Waals surface area contributed by atoms with Crippen LogP contribution in [0, 0.1) is 0 Å².